The van der Waals surface area contributed by atoms with Crippen LogP contribution in [0.5, 0.6) is 5.75 Å². The first-order valence-electron chi connectivity index (χ1n) is 25.5. The summed E-state index contributed by atoms with van der Waals surface area (Å²) >= 11 is 0. The highest BCUT2D eigenvalue weighted by Crippen LogP contribution is 2.40. The van der Waals surface area contributed by atoms with Crippen LogP contribution in [-0.4, -0.2) is 82.1 Å². The van der Waals surface area contributed by atoms with Gasteiger partial charge >= 0.3 is 35.8 Å². The van der Waals surface area contributed by atoms with Crippen molar-refractivity contribution in [2.75, 3.05) is 46.2 Å². The Morgan fingerprint density at radius 2 is 1.15 bits per heavy atom. The molecular weight excluding hydrogens is 924 g/mol. The molecule has 0 atom stereocenters. The smallest absolute Gasteiger partial charge is 0.333 e. The fourth-order valence-electron chi connectivity index (χ4n) is 8.65. The zero-order valence-corrected chi connectivity index (χ0v) is 43.3. The summed E-state index contributed by atoms with van der Waals surface area (Å²) in [6, 6.07) is 17.4. The molecule has 0 bridgehead atoms. The van der Waals surface area contributed by atoms with Crippen LogP contribution in [0.25, 0.3) is 22.3 Å². The van der Waals surface area contributed by atoms with Gasteiger partial charge in [-0.2, -0.15) is 0 Å². The highest BCUT2D eigenvalue weighted by Gasteiger charge is 2.38. The van der Waals surface area contributed by atoms with Gasteiger partial charge in [0.15, 0.2) is 0 Å². The number of unbranched alkanes of at least 4 members (excludes halogenated alkanes) is 2. The highest BCUT2D eigenvalue weighted by molar-refractivity contribution is 5.92. The maximum absolute atomic E-state index is 16.6. The molecule has 72 heavy (non-hydrogen) atoms. The normalized spacial score (nSPS) is 14.4. The molecule has 0 heterocycles. The van der Waals surface area contributed by atoms with E-state index in [1.54, 1.807) is 39.0 Å². The van der Waals surface area contributed by atoms with Gasteiger partial charge in [0.1, 0.15) is 56.3 Å². The van der Waals surface area contributed by atoms with Crippen molar-refractivity contribution >= 4 is 35.8 Å². The summed E-state index contributed by atoms with van der Waals surface area (Å²) in [6.07, 6.45) is 10.5. The first-order valence-corrected chi connectivity index (χ1v) is 25.5. The molecule has 0 spiro atoms. The van der Waals surface area contributed by atoms with Gasteiger partial charge < -0.3 is 33.2 Å². The predicted molar refractivity (Wildman–Crippen MR) is 272 cm³/mol. The van der Waals surface area contributed by atoms with Crippen molar-refractivity contribution in [3.05, 3.63) is 101 Å². The van der Waals surface area contributed by atoms with Crippen molar-refractivity contribution in [1.29, 1.82) is 0 Å². The monoisotopic (exact) mass is 999 g/mol. The van der Waals surface area contributed by atoms with Gasteiger partial charge in [0, 0.05) is 16.7 Å². The second-order valence-corrected chi connectivity index (χ2v) is 18.8. The minimum atomic E-state index is -1.63. The maximum Gasteiger partial charge on any atom is 0.333 e. The number of halogens is 1. The van der Waals surface area contributed by atoms with Crippen LogP contribution in [-0.2, 0) is 70.0 Å². The molecule has 3 aromatic rings. The molecule has 1 fully saturated rings. The van der Waals surface area contributed by atoms with Gasteiger partial charge in [-0.05, 0) is 136 Å². The Labute approximate surface area is 425 Å². The molecule has 1 aliphatic rings. The summed E-state index contributed by atoms with van der Waals surface area (Å²) < 4.78 is 55.1. The van der Waals surface area contributed by atoms with E-state index in [4.69, 9.17) is 33.2 Å². The number of aryl methyl sites for hydroxylation is 2. The topological polar surface area (TPSA) is 167 Å². The lowest BCUT2D eigenvalue weighted by atomic mass is 9.77. The number of rotatable bonds is 30. The number of carbonyl (C=O) groups excluding carboxylic acids is 6. The summed E-state index contributed by atoms with van der Waals surface area (Å²) in [4.78, 5) is 75.4. The number of carbonyl (C=O) groups is 6. The lowest BCUT2D eigenvalue weighted by Gasteiger charge is -2.32. The van der Waals surface area contributed by atoms with Gasteiger partial charge in [0.25, 0.3) is 0 Å². The van der Waals surface area contributed by atoms with Gasteiger partial charge in [-0.15, -0.1) is 0 Å². The Morgan fingerprint density at radius 1 is 0.583 bits per heavy atom. The molecule has 0 amide bonds. The number of hydrogen-bond acceptors (Lipinski definition) is 13. The van der Waals surface area contributed by atoms with Crippen LogP contribution in [0.1, 0.15) is 141 Å². The van der Waals surface area contributed by atoms with Crippen molar-refractivity contribution in [3.8, 4) is 28.0 Å². The number of benzene rings is 3. The minimum Gasteiger partial charge on any atom is -0.492 e. The van der Waals surface area contributed by atoms with Crippen LogP contribution in [0, 0.1) is 17.2 Å². The molecule has 4 rings (SSSR count). The molecule has 0 radical (unpaired) electrons. The highest BCUT2D eigenvalue weighted by atomic mass is 19.1. The molecule has 14 heteroatoms. The second kappa shape index (κ2) is 29.9. The fraction of sp³-hybridized carbons (Fsp3) is 0.517. The minimum absolute atomic E-state index is 0.0288. The summed E-state index contributed by atoms with van der Waals surface area (Å²) in [5.74, 6) is -3.70. The zero-order valence-electron chi connectivity index (χ0n) is 43.3. The molecule has 0 aromatic heterocycles. The molecular formula is C58H75FO13. The molecule has 13 nitrogen and oxygen atoms in total. The Balaban J connectivity index is 1.71. The van der Waals surface area contributed by atoms with Crippen molar-refractivity contribution in [2.24, 2.45) is 11.3 Å². The third-order valence-corrected chi connectivity index (χ3v) is 12.7. The average molecular weight is 999 g/mol. The van der Waals surface area contributed by atoms with Crippen molar-refractivity contribution in [2.45, 2.75) is 137 Å². The van der Waals surface area contributed by atoms with Crippen LogP contribution >= 0.6 is 0 Å². The molecule has 0 unspecified atom stereocenters. The van der Waals surface area contributed by atoms with E-state index in [9.17, 15) is 28.8 Å². The van der Waals surface area contributed by atoms with E-state index >= 15 is 4.39 Å². The van der Waals surface area contributed by atoms with Gasteiger partial charge in [-0.1, -0.05) is 95.5 Å². The largest absolute Gasteiger partial charge is 0.492 e. The third kappa shape index (κ3) is 18.7. The van der Waals surface area contributed by atoms with Gasteiger partial charge in [-0.3, -0.25) is 19.2 Å². The maximum atomic E-state index is 16.6. The zero-order chi connectivity index (χ0) is 52.6. The van der Waals surface area contributed by atoms with Gasteiger partial charge in [0.05, 0.1) is 19.8 Å². The van der Waals surface area contributed by atoms with E-state index in [-0.39, 0.29) is 37.4 Å². The van der Waals surface area contributed by atoms with E-state index in [1.165, 1.54) is 63.9 Å². The standard InChI is InChI=1S/C58H75FO13/c1-9-13-14-17-41-19-21-42(22-20-41)43-23-25-44(26-24-43)45-27-28-48(50(59)31-45)49-30-47(18-15-29-68-56(64)39(5)6)51(32-46(49)16-10-2)69-35-58(38-72-57(65)40(7)8,36-70-54(62)33-52(60)66-11-3)37-71-55(63)34-53(61)67-12-4/h23-28,30-32,41-42H,5,7,9-22,29,33-38H2,1-4,6,8H3. The summed E-state index contributed by atoms with van der Waals surface area (Å²) in [7, 11) is 0. The lowest BCUT2D eigenvalue weighted by molar-refractivity contribution is -0.166. The molecule has 0 N–H and O–H groups in total. The predicted octanol–water partition coefficient (Wildman–Crippen LogP) is 11.5. The van der Waals surface area contributed by atoms with E-state index < -0.39 is 86.3 Å². The number of esters is 6. The lowest BCUT2D eigenvalue weighted by Crippen LogP contribution is -2.44. The molecule has 392 valence electrons. The van der Waals surface area contributed by atoms with Crippen LogP contribution in [0.15, 0.2) is 78.9 Å². The molecule has 0 saturated heterocycles. The van der Waals surface area contributed by atoms with Crippen molar-refractivity contribution in [3.63, 3.8) is 0 Å². The first kappa shape index (κ1) is 58.3. The Hall–Kier alpha value is -6.31. The van der Waals surface area contributed by atoms with Crippen LogP contribution in [0.2, 0.25) is 0 Å². The second-order valence-electron chi connectivity index (χ2n) is 18.8. The SMILES string of the molecule is C=C(C)C(=O)OCCCc1cc(-c2ccc(-c3ccc(C4CCC(CCCCC)CC4)cc3)cc2F)c(CCC)cc1OCC(COC(=O)CC(=O)OCC)(COC(=O)CC(=O)OCC)COC(=O)C(=C)C. The summed E-state index contributed by atoms with van der Waals surface area (Å²) in [6.45, 7) is 15.6. The summed E-state index contributed by atoms with van der Waals surface area (Å²) in [5, 5.41) is 0. The molecule has 0 aliphatic heterocycles. The molecule has 3 aromatic carbocycles. The number of ether oxygens (including phenoxy) is 7. The molecule has 1 aliphatic carbocycles. The van der Waals surface area contributed by atoms with Crippen LogP contribution < -0.4 is 4.74 Å². The van der Waals surface area contributed by atoms with E-state index in [1.807, 2.05) is 19.1 Å². The van der Waals surface area contributed by atoms with E-state index in [2.05, 4.69) is 44.3 Å². The summed E-state index contributed by atoms with van der Waals surface area (Å²) in [5.41, 5.74) is 3.99. The quantitative estimate of drug-likeness (QED) is 0.0204. The number of hydrogen-bond donors (Lipinski definition) is 0. The van der Waals surface area contributed by atoms with Gasteiger partial charge in [0.2, 0.25) is 0 Å². The van der Waals surface area contributed by atoms with Gasteiger partial charge in [-0.25, -0.2) is 14.0 Å². The fourth-order valence-corrected chi connectivity index (χ4v) is 8.65. The van der Waals surface area contributed by atoms with Crippen LogP contribution in [0.4, 0.5) is 4.39 Å². The Kier molecular flexibility index (Phi) is 24.2. The van der Waals surface area contributed by atoms with E-state index in [0.717, 1.165) is 22.6 Å². The van der Waals surface area contributed by atoms with Crippen molar-refractivity contribution < 1.29 is 66.3 Å². The van der Waals surface area contributed by atoms with E-state index in [0.29, 0.717) is 47.6 Å². The van der Waals surface area contributed by atoms with Crippen LogP contribution in [0.3, 0.4) is 0 Å². The first-order chi connectivity index (χ1) is 34.5. The Bertz CT molecular complexity index is 2290. The third-order valence-electron chi connectivity index (χ3n) is 12.7. The van der Waals surface area contributed by atoms with Crippen molar-refractivity contribution in [1.82, 2.24) is 0 Å². The Morgan fingerprint density at radius 3 is 1.71 bits per heavy atom. The molecule has 1 saturated carbocycles. The average Bonchev–Trinajstić information content (AvgIpc) is 3.35.